The zero-order chi connectivity index (χ0) is 28.2. The summed E-state index contributed by atoms with van der Waals surface area (Å²) < 4.78 is 11.1. The Morgan fingerprint density at radius 2 is 1.77 bits per heavy atom. The van der Waals surface area contributed by atoms with Crippen LogP contribution in [0.4, 0.5) is 22.0 Å². The molecule has 208 valence electrons. The maximum atomic E-state index is 12.6. The van der Waals surface area contributed by atoms with E-state index in [-0.39, 0.29) is 22.6 Å². The molecule has 1 aliphatic rings. The highest BCUT2D eigenvalue weighted by Crippen LogP contribution is 2.33. The van der Waals surface area contributed by atoms with Gasteiger partial charge < -0.3 is 19.9 Å². The second-order valence-corrected chi connectivity index (χ2v) is 11.6. The summed E-state index contributed by atoms with van der Waals surface area (Å²) in [5, 5.41) is 12.0. The monoisotopic (exact) mass is 534 g/mol. The summed E-state index contributed by atoms with van der Waals surface area (Å²) >= 11 is 0. The van der Waals surface area contributed by atoms with Crippen molar-refractivity contribution in [2.75, 3.05) is 29.6 Å². The molecule has 1 unspecified atom stereocenters. The summed E-state index contributed by atoms with van der Waals surface area (Å²) in [5.41, 5.74) is 1.43. The molecule has 1 aliphatic heterocycles. The van der Waals surface area contributed by atoms with Gasteiger partial charge in [0.25, 0.3) is 5.91 Å². The van der Waals surface area contributed by atoms with Crippen LogP contribution in [0.1, 0.15) is 70.1 Å². The number of pyridine rings is 1. The number of urea groups is 1. The zero-order valence-electron chi connectivity index (χ0n) is 23.5. The highest BCUT2D eigenvalue weighted by molar-refractivity contribution is 6.03. The Kier molecular flexibility index (Phi) is 8.25. The molecular formula is C29H38N6O4. The first-order chi connectivity index (χ1) is 18.4. The number of nitrogens with zero attached hydrogens (tertiary/aromatic N) is 3. The van der Waals surface area contributed by atoms with Crippen LogP contribution < -0.4 is 20.7 Å². The molecule has 3 amide bonds. The van der Waals surface area contributed by atoms with Crippen molar-refractivity contribution in [3.05, 3.63) is 60.1 Å². The predicted molar refractivity (Wildman–Crippen MR) is 151 cm³/mol. The molecule has 0 bridgehead atoms. The fourth-order valence-electron chi connectivity index (χ4n) is 4.43. The first-order valence-electron chi connectivity index (χ1n) is 13.2. The third kappa shape index (κ3) is 7.35. The molecule has 39 heavy (non-hydrogen) atoms. The van der Waals surface area contributed by atoms with E-state index in [2.05, 4.69) is 51.9 Å². The Balaban J connectivity index is 1.22. The molecule has 4 rings (SSSR count). The lowest BCUT2D eigenvalue weighted by Crippen LogP contribution is -2.40. The van der Waals surface area contributed by atoms with E-state index in [0.29, 0.717) is 41.4 Å². The Labute approximate surface area is 229 Å². The number of rotatable bonds is 8. The lowest BCUT2D eigenvalue weighted by molar-refractivity contribution is 0.102. The first kappa shape index (κ1) is 28.1. The van der Waals surface area contributed by atoms with E-state index in [0.717, 1.165) is 6.42 Å². The summed E-state index contributed by atoms with van der Waals surface area (Å²) in [6.45, 7) is 11.1. The number of hydrogen-bond acceptors (Lipinski definition) is 7. The van der Waals surface area contributed by atoms with Crippen molar-refractivity contribution in [3.63, 3.8) is 0 Å². The molecule has 10 heteroatoms. The van der Waals surface area contributed by atoms with E-state index >= 15 is 0 Å². The molecule has 1 saturated heterocycles. The van der Waals surface area contributed by atoms with Crippen LogP contribution in [-0.2, 0) is 5.41 Å². The number of carbonyl (C=O) groups excluding carboxylic acids is 2. The quantitative estimate of drug-likeness (QED) is 0.329. The maximum absolute atomic E-state index is 12.6. The largest absolute Gasteiger partial charge is 0.492 e. The number of likely N-dealkylation sites (tertiary alicyclic amines) is 1. The molecule has 0 spiro atoms. The van der Waals surface area contributed by atoms with Crippen molar-refractivity contribution < 1.29 is 18.8 Å². The van der Waals surface area contributed by atoms with E-state index in [1.54, 1.807) is 48.7 Å². The van der Waals surface area contributed by atoms with Crippen LogP contribution in [0.3, 0.4) is 0 Å². The van der Waals surface area contributed by atoms with Crippen LogP contribution in [0.25, 0.3) is 0 Å². The fourth-order valence-corrected chi connectivity index (χ4v) is 4.43. The third-order valence-corrected chi connectivity index (χ3v) is 7.17. The van der Waals surface area contributed by atoms with Gasteiger partial charge in [0.2, 0.25) is 0 Å². The number of carbonyl (C=O) groups is 2. The number of hydrogen-bond donors (Lipinski definition) is 3. The summed E-state index contributed by atoms with van der Waals surface area (Å²) in [4.78, 5) is 31.6. The van der Waals surface area contributed by atoms with E-state index in [4.69, 9.17) is 9.26 Å². The van der Waals surface area contributed by atoms with Gasteiger partial charge in [-0.05, 0) is 76.6 Å². The third-order valence-electron chi connectivity index (χ3n) is 7.17. The number of ether oxygens (including phenoxy) is 1. The van der Waals surface area contributed by atoms with Crippen LogP contribution in [0.2, 0.25) is 0 Å². The van der Waals surface area contributed by atoms with Crippen LogP contribution in [-0.4, -0.2) is 52.2 Å². The van der Waals surface area contributed by atoms with Gasteiger partial charge in [0.05, 0.1) is 12.8 Å². The molecule has 1 fully saturated rings. The van der Waals surface area contributed by atoms with Crippen molar-refractivity contribution in [3.8, 4) is 5.75 Å². The molecule has 1 aromatic carbocycles. The Morgan fingerprint density at radius 3 is 2.33 bits per heavy atom. The van der Waals surface area contributed by atoms with Gasteiger partial charge in [-0.2, -0.15) is 0 Å². The topological polar surface area (TPSA) is 122 Å². The van der Waals surface area contributed by atoms with Gasteiger partial charge >= 0.3 is 6.03 Å². The summed E-state index contributed by atoms with van der Waals surface area (Å²) in [5.74, 6) is 1.30. The molecule has 10 nitrogen and oxygen atoms in total. The van der Waals surface area contributed by atoms with Crippen molar-refractivity contribution in [1.82, 2.24) is 15.0 Å². The van der Waals surface area contributed by atoms with Gasteiger partial charge in [0, 0.05) is 34.4 Å². The van der Waals surface area contributed by atoms with Crippen molar-refractivity contribution in [2.45, 2.75) is 70.9 Å². The lowest BCUT2D eigenvalue weighted by Gasteiger charge is -2.31. The molecule has 0 radical (unpaired) electrons. The molecule has 3 aromatic rings. The number of anilines is 3. The fraction of sp³-hybridized carbons (Fsp3) is 0.448. The van der Waals surface area contributed by atoms with Gasteiger partial charge in [-0.15, -0.1) is 0 Å². The average Bonchev–Trinajstić information content (AvgIpc) is 3.45. The smallest absolute Gasteiger partial charge is 0.324 e. The van der Waals surface area contributed by atoms with E-state index < -0.39 is 6.03 Å². The number of amides is 3. The normalized spacial score (nSPS) is 17.0. The van der Waals surface area contributed by atoms with Crippen LogP contribution >= 0.6 is 0 Å². The predicted octanol–water partition coefficient (Wildman–Crippen LogP) is 5.91. The summed E-state index contributed by atoms with van der Waals surface area (Å²) in [6, 6.07) is 11.9. The molecule has 3 heterocycles. The molecule has 0 saturated carbocycles. The molecule has 1 atom stereocenters. The van der Waals surface area contributed by atoms with Gasteiger partial charge in [-0.3, -0.25) is 15.0 Å². The van der Waals surface area contributed by atoms with Crippen LogP contribution in [0, 0.1) is 0 Å². The molecular weight excluding hydrogens is 496 g/mol. The lowest BCUT2D eigenvalue weighted by atomic mass is 9.93. The van der Waals surface area contributed by atoms with Crippen molar-refractivity contribution >= 4 is 29.1 Å². The maximum Gasteiger partial charge on any atom is 0.324 e. The van der Waals surface area contributed by atoms with E-state index in [1.807, 2.05) is 20.8 Å². The molecule has 2 aromatic heterocycles. The van der Waals surface area contributed by atoms with Crippen molar-refractivity contribution in [1.29, 1.82) is 0 Å². The second-order valence-electron chi connectivity index (χ2n) is 11.6. The van der Waals surface area contributed by atoms with Gasteiger partial charge in [0.15, 0.2) is 5.82 Å². The Bertz CT molecular complexity index is 1280. The van der Waals surface area contributed by atoms with Gasteiger partial charge in [-0.25, -0.2) is 9.78 Å². The summed E-state index contributed by atoms with van der Waals surface area (Å²) in [7, 11) is 2.18. The minimum Gasteiger partial charge on any atom is -0.492 e. The highest BCUT2D eigenvalue weighted by Gasteiger charge is 2.36. The van der Waals surface area contributed by atoms with E-state index in [9.17, 15) is 9.59 Å². The van der Waals surface area contributed by atoms with Gasteiger partial charge in [0.1, 0.15) is 17.2 Å². The Hall–Kier alpha value is -3.92. The minimum atomic E-state index is -0.453. The number of benzene rings is 1. The average molecular weight is 535 g/mol. The van der Waals surface area contributed by atoms with E-state index in [1.165, 1.54) is 12.8 Å². The number of nitrogens with one attached hydrogen (secondary N) is 3. The first-order valence-corrected chi connectivity index (χ1v) is 13.2. The van der Waals surface area contributed by atoms with Crippen LogP contribution in [0.5, 0.6) is 5.75 Å². The summed E-state index contributed by atoms with van der Waals surface area (Å²) in [6.07, 6.45) is 4.89. The zero-order valence-corrected chi connectivity index (χ0v) is 23.5. The van der Waals surface area contributed by atoms with Gasteiger partial charge in [-0.1, -0.05) is 25.9 Å². The van der Waals surface area contributed by atoms with Crippen molar-refractivity contribution in [2.24, 2.45) is 0 Å². The molecule has 0 aliphatic carbocycles. The SMILES string of the molecule is CN1C(CCOc2ccc(C(=O)Nc3ccc(NC(=O)Nc4cc(C(C)(C)C)on4)cc3)nc2)CCC1(C)C. The standard InChI is InChI=1S/C29H38N6O4/c1-28(2,3)24-17-25(34-39-24)33-27(37)32-20-9-7-19(8-10-20)31-26(36)23-12-11-22(18-30-23)38-16-14-21-13-15-29(4,5)35(21)6/h7-12,17-18,21H,13-16H2,1-6H3,(H,31,36)(H2,32,33,34,37). The molecule has 3 N–H and O–H groups in total. The second kappa shape index (κ2) is 11.4. The number of aromatic nitrogens is 2. The minimum absolute atomic E-state index is 0.209. The highest BCUT2D eigenvalue weighted by atomic mass is 16.5. The Morgan fingerprint density at radius 1 is 1.08 bits per heavy atom. The van der Waals surface area contributed by atoms with Crippen LogP contribution in [0.15, 0.2) is 53.2 Å².